The standard InChI is InChI=1S/C21H30N10O2/c1-5-11-30(12-6-2)14-17-18(24-28-31(17)20-19(22)26-33-27-20)21(32)25-23-13-15-7-9-16(10-8-15)29(3)4/h7-10,13H,5-6,11-12,14H2,1-4H3,(H2,22,26)(H,25,32)/b23-13+. The molecule has 1 amide bonds. The summed E-state index contributed by atoms with van der Waals surface area (Å²) >= 11 is 0. The van der Waals surface area contributed by atoms with Crippen LogP contribution in [0.15, 0.2) is 34.0 Å². The van der Waals surface area contributed by atoms with Gasteiger partial charge in [-0.25, -0.2) is 10.1 Å². The lowest BCUT2D eigenvalue weighted by molar-refractivity contribution is 0.0947. The number of carbonyl (C=O) groups is 1. The van der Waals surface area contributed by atoms with E-state index in [0.717, 1.165) is 37.2 Å². The summed E-state index contributed by atoms with van der Waals surface area (Å²) in [5.41, 5.74) is 11.0. The molecule has 2 aromatic heterocycles. The van der Waals surface area contributed by atoms with Crippen molar-refractivity contribution < 1.29 is 9.42 Å². The molecule has 3 aromatic rings. The number of nitrogens with one attached hydrogen (secondary N) is 1. The van der Waals surface area contributed by atoms with E-state index < -0.39 is 5.91 Å². The van der Waals surface area contributed by atoms with E-state index in [1.54, 1.807) is 6.21 Å². The Balaban J connectivity index is 1.82. The lowest BCUT2D eigenvalue weighted by atomic mass is 10.2. The molecule has 0 saturated heterocycles. The zero-order valence-electron chi connectivity index (χ0n) is 19.4. The maximum absolute atomic E-state index is 12.9. The highest BCUT2D eigenvalue weighted by molar-refractivity contribution is 5.94. The van der Waals surface area contributed by atoms with E-state index >= 15 is 0 Å². The SMILES string of the molecule is CCCN(CCC)Cc1c(C(=O)N/N=C/c2ccc(N(C)C)cc2)nnn1-c1nonc1N. The average molecular weight is 455 g/mol. The fourth-order valence-electron chi connectivity index (χ4n) is 3.32. The first-order chi connectivity index (χ1) is 15.9. The highest BCUT2D eigenvalue weighted by atomic mass is 16.6. The lowest BCUT2D eigenvalue weighted by Gasteiger charge is -2.21. The van der Waals surface area contributed by atoms with E-state index in [2.05, 4.69) is 49.9 Å². The Hall–Kier alpha value is -3.80. The maximum Gasteiger partial charge on any atom is 0.293 e. The number of amides is 1. The number of rotatable bonds is 11. The minimum atomic E-state index is -0.486. The van der Waals surface area contributed by atoms with Crippen LogP contribution in [-0.4, -0.2) is 69.5 Å². The van der Waals surface area contributed by atoms with Crippen molar-refractivity contribution in [3.8, 4) is 5.82 Å². The third-order valence-corrected chi connectivity index (χ3v) is 4.92. The fourth-order valence-corrected chi connectivity index (χ4v) is 3.32. The fraction of sp³-hybridized carbons (Fsp3) is 0.429. The number of anilines is 2. The topological polar surface area (TPSA) is 144 Å². The Labute approximate surface area is 192 Å². The summed E-state index contributed by atoms with van der Waals surface area (Å²) in [6.45, 7) is 6.34. The van der Waals surface area contributed by atoms with Gasteiger partial charge >= 0.3 is 0 Å². The van der Waals surface area contributed by atoms with E-state index in [9.17, 15) is 4.79 Å². The van der Waals surface area contributed by atoms with Crippen LogP contribution in [0.3, 0.4) is 0 Å². The van der Waals surface area contributed by atoms with Crippen molar-refractivity contribution in [1.82, 2.24) is 35.6 Å². The predicted octanol–water partition coefficient (Wildman–Crippen LogP) is 1.68. The molecule has 0 aliphatic heterocycles. The van der Waals surface area contributed by atoms with Crippen molar-refractivity contribution in [3.63, 3.8) is 0 Å². The van der Waals surface area contributed by atoms with Crippen molar-refractivity contribution in [3.05, 3.63) is 41.2 Å². The molecular formula is C21H30N10O2. The molecule has 176 valence electrons. The van der Waals surface area contributed by atoms with E-state index in [1.165, 1.54) is 4.68 Å². The van der Waals surface area contributed by atoms with E-state index in [4.69, 9.17) is 10.4 Å². The zero-order valence-corrected chi connectivity index (χ0v) is 19.4. The average Bonchev–Trinajstić information content (AvgIpc) is 3.40. The molecule has 12 heteroatoms. The molecular weight excluding hydrogens is 424 g/mol. The summed E-state index contributed by atoms with van der Waals surface area (Å²) in [7, 11) is 3.94. The molecule has 2 heterocycles. The minimum absolute atomic E-state index is 0.0600. The molecule has 0 radical (unpaired) electrons. The van der Waals surface area contributed by atoms with Gasteiger partial charge in [-0.1, -0.05) is 31.2 Å². The van der Waals surface area contributed by atoms with Crippen molar-refractivity contribution in [2.24, 2.45) is 5.10 Å². The first-order valence-corrected chi connectivity index (χ1v) is 10.8. The van der Waals surface area contributed by atoms with Crippen molar-refractivity contribution in [2.45, 2.75) is 33.2 Å². The first kappa shape index (κ1) is 23.9. The third-order valence-electron chi connectivity index (χ3n) is 4.92. The molecule has 0 unspecified atom stereocenters. The molecule has 0 atom stereocenters. The number of nitrogens with two attached hydrogens (primary N) is 1. The molecule has 1 aromatic carbocycles. The number of nitrogens with zero attached hydrogens (tertiary/aromatic N) is 8. The van der Waals surface area contributed by atoms with Gasteiger partial charge in [-0.15, -0.1) is 5.10 Å². The van der Waals surface area contributed by atoms with E-state index in [1.807, 2.05) is 43.3 Å². The van der Waals surface area contributed by atoms with Crippen LogP contribution in [-0.2, 0) is 6.54 Å². The summed E-state index contributed by atoms with van der Waals surface area (Å²) in [6, 6.07) is 7.78. The summed E-state index contributed by atoms with van der Waals surface area (Å²) < 4.78 is 6.10. The summed E-state index contributed by atoms with van der Waals surface area (Å²) in [5, 5.41) is 19.6. The van der Waals surface area contributed by atoms with Crippen LogP contribution < -0.4 is 16.1 Å². The molecule has 0 saturated carbocycles. The number of hydrogen-bond donors (Lipinski definition) is 2. The molecule has 0 bridgehead atoms. The summed E-state index contributed by atoms with van der Waals surface area (Å²) in [4.78, 5) is 17.1. The van der Waals surface area contributed by atoms with E-state index in [0.29, 0.717) is 12.2 Å². The van der Waals surface area contributed by atoms with Crippen LogP contribution in [0.2, 0.25) is 0 Å². The van der Waals surface area contributed by atoms with Crippen molar-refractivity contribution in [2.75, 3.05) is 37.8 Å². The second kappa shape index (κ2) is 11.2. The molecule has 12 nitrogen and oxygen atoms in total. The maximum atomic E-state index is 12.9. The number of hydrazone groups is 1. The van der Waals surface area contributed by atoms with Crippen LogP contribution in [0.1, 0.15) is 48.4 Å². The van der Waals surface area contributed by atoms with Crippen LogP contribution in [0.5, 0.6) is 0 Å². The van der Waals surface area contributed by atoms with Gasteiger partial charge in [-0.05, 0) is 53.9 Å². The molecule has 0 fully saturated rings. The largest absolute Gasteiger partial charge is 0.378 e. The van der Waals surface area contributed by atoms with Gasteiger partial charge in [0.05, 0.1) is 11.9 Å². The van der Waals surface area contributed by atoms with Gasteiger partial charge in [0.1, 0.15) is 0 Å². The van der Waals surface area contributed by atoms with Crippen LogP contribution >= 0.6 is 0 Å². The van der Waals surface area contributed by atoms with Gasteiger partial charge in [0.2, 0.25) is 11.6 Å². The van der Waals surface area contributed by atoms with Gasteiger partial charge in [-0.3, -0.25) is 9.69 Å². The number of benzene rings is 1. The Kier molecular flexibility index (Phi) is 8.08. The van der Waals surface area contributed by atoms with Crippen molar-refractivity contribution in [1.29, 1.82) is 0 Å². The number of nitrogen functional groups attached to an aromatic ring is 1. The lowest BCUT2D eigenvalue weighted by Crippen LogP contribution is -2.28. The normalized spacial score (nSPS) is 11.4. The second-order valence-corrected chi connectivity index (χ2v) is 7.73. The van der Waals surface area contributed by atoms with Gasteiger partial charge in [-0.2, -0.15) is 9.78 Å². The Morgan fingerprint density at radius 2 is 1.88 bits per heavy atom. The first-order valence-electron chi connectivity index (χ1n) is 10.8. The van der Waals surface area contributed by atoms with Crippen LogP contribution in [0.4, 0.5) is 11.5 Å². The molecule has 0 aliphatic rings. The molecule has 3 rings (SSSR count). The molecule has 0 aliphatic carbocycles. The predicted molar refractivity (Wildman–Crippen MR) is 125 cm³/mol. The van der Waals surface area contributed by atoms with Crippen LogP contribution in [0.25, 0.3) is 5.82 Å². The second-order valence-electron chi connectivity index (χ2n) is 7.73. The Bertz CT molecular complexity index is 1070. The third kappa shape index (κ3) is 5.92. The quantitative estimate of drug-likeness (QED) is 0.327. The molecule has 0 spiro atoms. The van der Waals surface area contributed by atoms with Crippen molar-refractivity contribution >= 4 is 23.6 Å². The van der Waals surface area contributed by atoms with Gasteiger partial charge < -0.3 is 10.6 Å². The number of aromatic nitrogens is 5. The monoisotopic (exact) mass is 454 g/mol. The Morgan fingerprint density at radius 3 is 2.45 bits per heavy atom. The van der Waals surface area contributed by atoms with Gasteiger partial charge in [0, 0.05) is 26.3 Å². The molecule has 33 heavy (non-hydrogen) atoms. The van der Waals surface area contributed by atoms with Gasteiger partial charge in [0.15, 0.2) is 5.69 Å². The summed E-state index contributed by atoms with van der Waals surface area (Å²) in [6.07, 6.45) is 3.50. The minimum Gasteiger partial charge on any atom is -0.378 e. The highest BCUT2D eigenvalue weighted by Gasteiger charge is 2.25. The zero-order chi connectivity index (χ0) is 23.8. The highest BCUT2D eigenvalue weighted by Crippen LogP contribution is 2.18. The smallest absolute Gasteiger partial charge is 0.293 e. The van der Waals surface area contributed by atoms with Crippen LogP contribution in [0, 0.1) is 0 Å². The number of hydrogen-bond acceptors (Lipinski definition) is 10. The van der Waals surface area contributed by atoms with Gasteiger partial charge in [0.25, 0.3) is 5.91 Å². The Morgan fingerprint density at radius 1 is 1.18 bits per heavy atom. The number of carbonyl (C=O) groups excluding carboxylic acids is 1. The molecule has 3 N–H and O–H groups in total. The van der Waals surface area contributed by atoms with E-state index in [-0.39, 0.29) is 17.3 Å². The summed E-state index contributed by atoms with van der Waals surface area (Å²) in [5.74, 6) is -0.237.